The first-order chi connectivity index (χ1) is 9.52. The molecule has 0 saturated carbocycles. The zero-order valence-electron chi connectivity index (χ0n) is 12.0. The smallest absolute Gasteiger partial charge is 0.321 e. The lowest BCUT2D eigenvalue weighted by atomic mass is 10.2. The topological polar surface area (TPSA) is 91.4 Å². The van der Waals surface area contributed by atoms with Gasteiger partial charge in [0.2, 0.25) is 0 Å². The summed E-state index contributed by atoms with van der Waals surface area (Å²) in [7, 11) is 1.58. The Labute approximate surface area is 119 Å². The van der Waals surface area contributed by atoms with Crippen molar-refractivity contribution in [3.05, 3.63) is 29.8 Å². The van der Waals surface area contributed by atoms with Crippen LogP contribution in [0.4, 0.5) is 10.5 Å². The highest BCUT2D eigenvalue weighted by atomic mass is 16.5. The van der Waals surface area contributed by atoms with E-state index in [1.54, 1.807) is 12.0 Å². The molecule has 20 heavy (non-hydrogen) atoms. The molecule has 2 amide bonds. The molecule has 4 N–H and O–H groups in total. The maximum Gasteiger partial charge on any atom is 0.321 e. The average Bonchev–Trinajstić information content (AvgIpc) is 2.41. The van der Waals surface area contributed by atoms with Crippen LogP contribution in [0.5, 0.6) is 0 Å². The summed E-state index contributed by atoms with van der Waals surface area (Å²) in [5, 5.41) is 10.1. The van der Waals surface area contributed by atoms with E-state index in [4.69, 9.17) is 15.9 Å². The van der Waals surface area contributed by atoms with Gasteiger partial charge in [-0.05, 0) is 19.1 Å². The summed E-state index contributed by atoms with van der Waals surface area (Å²) in [6.07, 6.45) is 0.352. The summed E-state index contributed by atoms with van der Waals surface area (Å²) in [6, 6.07) is 7.36. The van der Waals surface area contributed by atoms with E-state index in [0.29, 0.717) is 26.1 Å². The lowest BCUT2D eigenvalue weighted by Crippen LogP contribution is -2.39. The van der Waals surface area contributed by atoms with Crippen molar-refractivity contribution >= 4 is 17.6 Å². The van der Waals surface area contributed by atoms with Crippen molar-refractivity contribution < 1.29 is 9.53 Å². The van der Waals surface area contributed by atoms with Gasteiger partial charge in [0.05, 0.1) is 12.4 Å². The van der Waals surface area contributed by atoms with Crippen LogP contribution >= 0.6 is 0 Å². The van der Waals surface area contributed by atoms with Gasteiger partial charge in [0.15, 0.2) is 0 Å². The first-order valence-electron chi connectivity index (χ1n) is 6.47. The van der Waals surface area contributed by atoms with Crippen LogP contribution in [-0.4, -0.2) is 43.6 Å². The molecule has 0 aliphatic heterocycles. The van der Waals surface area contributed by atoms with Crippen LogP contribution in [0, 0.1) is 12.3 Å². The fourth-order valence-electron chi connectivity index (χ4n) is 1.61. The predicted molar refractivity (Wildman–Crippen MR) is 80.2 cm³/mol. The molecule has 0 unspecified atom stereocenters. The van der Waals surface area contributed by atoms with Gasteiger partial charge in [0, 0.05) is 32.3 Å². The van der Waals surface area contributed by atoms with E-state index >= 15 is 0 Å². The van der Waals surface area contributed by atoms with Gasteiger partial charge in [-0.3, -0.25) is 5.41 Å². The summed E-state index contributed by atoms with van der Waals surface area (Å²) >= 11 is 0. The molecule has 0 bridgehead atoms. The van der Waals surface area contributed by atoms with E-state index in [2.05, 4.69) is 5.32 Å². The molecule has 0 aliphatic carbocycles. The van der Waals surface area contributed by atoms with Crippen molar-refractivity contribution in [2.45, 2.75) is 13.3 Å². The number of aryl methyl sites for hydroxylation is 1. The molecule has 6 heteroatoms. The molecule has 0 saturated heterocycles. The second kappa shape index (κ2) is 8.16. The molecule has 6 nitrogen and oxygen atoms in total. The van der Waals surface area contributed by atoms with Crippen molar-refractivity contribution in [1.82, 2.24) is 4.90 Å². The van der Waals surface area contributed by atoms with E-state index in [-0.39, 0.29) is 11.9 Å². The van der Waals surface area contributed by atoms with Crippen molar-refractivity contribution in [2.75, 3.05) is 32.1 Å². The summed E-state index contributed by atoms with van der Waals surface area (Å²) in [5.74, 6) is 0.0653. The number of anilines is 1. The first-order valence-corrected chi connectivity index (χ1v) is 6.47. The average molecular weight is 278 g/mol. The second-order valence-corrected chi connectivity index (χ2v) is 4.55. The molecule has 0 aliphatic rings. The van der Waals surface area contributed by atoms with Gasteiger partial charge in [-0.15, -0.1) is 0 Å². The van der Waals surface area contributed by atoms with Gasteiger partial charge in [-0.1, -0.05) is 17.7 Å². The molecule has 0 aromatic heterocycles. The Bertz CT molecular complexity index is 445. The zero-order valence-corrected chi connectivity index (χ0v) is 12.0. The Balaban J connectivity index is 2.61. The number of urea groups is 1. The van der Waals surface area contributed by atoms with Gasteiger partial charge in [-0.2, -0.15) is 0 Å². The summed E-state index contributed by atoms with van der Waals surface area (Å²) < 4.78 is 4.99. The molecule has 1 rings (SSSR count). The van der Waals surface area contributed by atoms with Crippen LogP contribution in [-0.2, 0) is 4.74 Å². The fraction of sp³-hybridized carbons (Fsp3) is 0.429. The summed E-state index contributed by atoms with van der Waals surface area (Å²) in [4.78, 5) is 13.8. The number of hydrogen-bond acceptors (Lipinski definition) is 3. The van der Waals surface area contributed by atoms with E-state index in [1.165, 1.54) is 0 Å². The highest BCUT2D eigenvalue weighted by molar-refractivity contribution is 5.89. The van der Waals surface area contributed by atoms with Crippen LogP contribution in [0.25, 0.3) is 0 Å². The number of ether oxygens (including phenoxy) is 1. The maximum atomic E-state index is 12.2. The first kappa shape index (κ1) is 16.0. The van der Waals surface area contributed by atoms with Gasteiger partial charge in [0.1, 0.15) is 0 Å². The van der Waals surface area contributed by atoms with Crippen LogP contribution < -0.4 is 11.1 Å². The van der Waals surface area contributed by atoms with Crippen LogP contribution in [0.2, 0.25) is 0 Å². The second-order valence-electron chi connectivity index (χ2n) is 4.55. The predicted octanol–water partition coefficient (Wildman–Crippen LogP) is 1.80. The molecular formula is C14H22N4O2. The number of nitrogens with one attached hydrogen (secondary N) is 2. The quantitative estimate of drug-likeness (QED) is 0.524. The Kier molecular flexibility index (Phi) is 6.52. The monoisotopic (exact) mass is 278 g/mol. The molecule has 0 fully saturated rings. The number of carbonyl (C=O) groups is 1. The largest absolute Gasteiger partial charge is 0.388 e. The minimum absolute atomic E-state index is 0.0653. The number of carbonyl (C=O) groups excluding carboxylic acids is 1. The van der Waals surface area contributed by atoms with Gasteiger partial charge in [0.25, 0.3) is 0 Å². The summed E-state index contributed by atoms with van der Waals surface area (Å²) in [5.41, 5.74) is 7.21. The Morgan fingerprint density at radius 3 is 2.55 bits per heavy atom. The molecule has 1 aromatic rings. The molecule has 0 spiro atoms. The lowest BCUT2D eigenvalue weighted by molar-refractivity contribution is 0.156. The third kappa shape index (κ3) is 5.71. The SMILES string of the molecule is COCCN(CCC(=N)N)C(=O)Nc1ccc(C)cc1. The molecule has 110 valence electrons. The minimum atomic E-state index is -0.216. The van der Waals surface area contributed by atoms with E-state index in [1.807, 2.05) is 31.2 Å². The molecule has 0 atom stereocenters. The number of methoxy groups -OCH3 is 1. The van der Waals surface area contributed by atoms with Crippen molar-refractivity contribution in [1.29, 1.82) is 5.41 Å². The maximum absolute atomic E-state index is 12.2. The number of benzene rings is 1. The van der Waals surface area contributed by atoms with Crippen LogP contribution in [0.3, 0.4) is 0 Å². The molecule has 0 heterocycles. The van der Waals surface area contributed by atoms with Crippen LogP contribution in [0.1, 0.15) is 12.0 Å². The Morgan fingerprint density at radius 1 is 1.35 bits per heavy atom. The van der Waals surface area contributed by atoms with E-state index in [9.17, 15) is 4.79 Å². The number of nitrogens with zero attached hydrogens (tertiary/aromatic N) is 1. The van der Waals surface area contributed by atoms with Crippen molar-refractivity contribution in [3.8, 4) is 0 Å². The van der Waals surface area contributed by atoms with Gasteiger partial charge < -0.3 is 20.7 Å². The minimum Gasteiger partial charge on any atom is -0.388 e. The van der Waals surface area contributed by atoms with Crippen molar-refractivity contribution in [2.24, 2.45) is 5.73 Å². The number of nitrogens with two attached hydrogens (primary N) is 1. The Hall–Kier alpha value is -2.08. The normalized spacial score (nSPS) is 10.1. The number of hydrogen-bond donors (Lipinski definition) is 3. The van der Waals surface area contributed by atoms with Gasteiger partial charge >= 0.3 is 6.03 Å². The molecular weight excluding hydrogens is 256 g/mol. The van der Waals surface area contributed by atoms with E-state index < -0.39 is 0 Å². The zero-order chi connectivity index (χ0) is 15.0. The fourth-order valence-corrected chi connectivity index (χ4v) is 1.61. The Morgan fingerprint density at radius 2 is 2.00 bits per heavy atom. The lowest BCUT2D eigenvalue weighted by Gasteiger charge is -2.22. The summed E-state index contributed by atoms with van der Waals surface area (Å²) in [6.45, 7) is 3.29. The number of amides is 2. The highest BCUT2D eigenvalue weighted by Gasteiger charge is 2.13. The highest BCUT2D eigenvalue weighted by Crippen LogP contribution is 2.09. The number of rotatable bonds is 7. The molecule has 1 aromatic carbocycles. The van der Waals surface area contributed by atoms with Crippen molar-refractivity contribution in [3.63, 3.8) is 0 Å². The third-order valence-corrected chi connectivity index (χ3v) is 2.81. The third-order valence-electron chi connectivity index (χ3n) is 2.81. The van der Waals surface area contributed by atoms with Gasteiger partial charge in [-0.25, -0.2) is 4.79 Å². The van der Waals surface area contributed by atoms with E-state index in [0.717, 1.165) is 11.3 Å². The standard InChI is InChI=1S/C14H22N4O2/c1-11-3-5-12(6-4-11)17-14(19)18(9-10-20-2)8-7-13(15)16/h3-6H,7-10H2,1-2H3,(H3,15,16)(H,17,19). The van der Waals surface area contributed by atoms with Crippen LogP contribution in [0.15, 0.2) is 24.3 Å². The molecule has 0 radical (unpaired) electrons. The number of amidine groups is 1.